The first-order valence-electron chi connectivity index (χ1n) is 8.36. The van der Waals surface area contributed by atoms with Crippen LogP contribution in [0.3, 0.4) is 0 Å². The number of aryl methyl sites for hydroxylation is 1. The number of rotatable bonds is 3. The highest BCUT2D eigenvalue weighted by atomic mass is 19.3. The predicted molar refractivity (Wildman–Crippen MR) is 94.9 cm³/mol. The molecule has 0 fully saturated rings. The molecule has 0 spiro atoms. The van der Waals surface area contributed by atoms with Gasteiger partial charge in [0.2, 0.25) is 0 Å². The standard InChI is InChI=1S/C20H12F4N2O3/c1-10-7-15-16(29-20(23,24)28-15)8-12(10)11-5-6-17(25-9-11)26-19(27)18-13(21)3-2-4-14(18)22/h2-9H,1H3,(H,25,26,27). The Labute approximate surface area is 161 Å². The third-order valence-electron chi connectivity index (χ3n) is 4.25. The SMILES string of the molecule is Cc1cc2c(cc1-c1ccc(NC(=O)c3c(F)cccc3F)nc1)OC(F)(F)O2. The fraction of sp³-hybridized carbons (Fsp3) is 0.100. The van der Waals surface area contributed by atoms with Crippen molar-refractivity contribution in [1.29, 1.82) is 0 Å². The van der Waals surface area contributed by atoms with Crippen molar-refractivity contribution in [3.05, 3.63) is 71.4 Å². The van der Waals surface area contributed by atoms with Crippen LogP contribution in [0.5, 0.6) is 11.5 Å². The van der Waals surface area contributed by atoms with Crippen molar-refractivity contribution >= 4 is 11.7 Å². The molecule has 1 aliphatic rings. The largest absolute Gasteiger partial charge is 0.586 e. The molecule has 5 nitrogen and oxygen atoms in total. The van der Waals surface area contributed by atoms with E-state index in [9.17, 15) is 22.4 Å². The number of nitrogens with one attached hydrogen (secondary N) is 1. The second kappa shape index (κ2) is 6.77. The minimum atomic E-state index is -3.72. The monoisotopic (exact) mass is 404 g/mol. The van der Waals surface area contributed by atoms with Gasteiger partial charge in [0, 0.05) is 11.8 Å². The Kier molecular flexibility index (Phi) is 4.37. The fourth-order valence-electron chi connectivity index (χ4n) is 2.93. The van der Waals surface area contributed by atoms with Gasteiger partial charge in [-0.3, -0.25) is 4.79 Å². The summed E-state index contributed by atoms with van der Waals surface area (Å²) < 4.78 is 62.7. The first-order valence-corrected chi connectivity index (χ1v) is 8.36. The number of alkyl halides is 2. The van der Waals surface area contributed by atoms with Crippen LogP contribution in [0.25, 0.3) is 11.1 Å². The molecule has 0 unspecified atom stereocenters. The Hall–Kier alpha value is -3.62. The lowest BCUT2D eigenvalue weighted by atomic mass is 10.0. The normalized spacial score (nSPS) is 14.0. The predicted octanol–water partition coefficient (Wildman–Crippen LogP) is 4.91. The van der Waals surface area contributed by atoms with Crippen LogP contribution in [0, 0.1) is 18.6 Å². The van der Waals surface area contributed by atoms with Gasteiger partial charge in [0.05, 0.1) is 0 Å². The van der Waals surface area contributed by atoms with Gasteiger partial charge >= 0.3 is 6.29 Å². The van der Waals surface area contributed by atoms with Crippen molar-refractivity contribution in [3.8, 4) is 22.6 Å². The quantitative estimate of drug-likeness (QED) is 0.631. The number of anilines is 1. The average molecular weight is 404 g/mol. The molecule has 0 bridgehead atoms. The van der Waals surface area contributed by atoms with Crippen molar-refractivity contribution in [2.75, 3.05) is 5.32 Å². The van der Waals surface area contributed by atoms with E-state index in [1.165, 1.54) is 24.4 Å². The summed E-state index contributed by atoms with van der Waals surface area (Å²) in [5.74, 6) is -3.09. The number of benzene rings is 2. The Morgan fingerprint density at radius 2 is 1.69 bits per heavy atom. The summed E-state index contributed by atoms with van der Waals surface area (Å²) in [5.41, 5.74) is 1.04. The van der Waals surface area contributed by atoms with Crippen LogP contribution in [-0.4, -0.2) is 17.2 Å². The maximum Gasteiger partial charge on any atom is 0.586 e. The Bertz CT molecular complexity index is 1100. The number of fused-ring (bicyclic) bond motifs is 1. The number of nitrogens with zero attached hydrogens (tertiary/aromatic N) is 1. The third-order valence-corrected chi connectivity index (χ3v) is 4.25. The van der Waals surface area contributed by atoms with Gasteiger partial charge in [-0.15, -0.1) is 8.78 Å². The van der Waals surface area contributed by atoms with Gasteiger partial charge in [-0.1, -0.05) is 6.07 Å². The van der Waals surface area contributed by atoms with Crippen LogP contribution < -0.4 is 14.8 Å². The second-order valence-corrected chi connectivity index (χ2v) is 6.26. The number of aromatic nitrogens is 1. The van der Waals surface area contributed by atoms with Crippen molar-refractivity contribution in [1.82, 2.24) is 4.98 Å². The Morgan fingerprint density at radius 1 is 1.03 bits per heavy atom. The van der Waals surface area contributed by atoms with Gasteiger partial charge in [0.1, 0.15) is 23.0 Å². The summed E-state index contributed by atoms with van der Waals surface area (Å²) in [7, 11) is 0. The molecule has 1 N–H and O–H groups in total. The second-order valence-electron chi connectivity index (χ2n) is 6.26. The summed E-state index contributed by atoms with van der Waals surface area (Å²) in [6, 6.07) is 8.91. The molecule has 0 aliphatic carbocycles. The van der Waals surface area contributed by atoms with E-state index >= 15 is 0 Å². The molecule has 2 heterocycles. The van der Waals surface area contributed by atoms with E-state index in [0.717, 1.165) is 18.2 Å². The molecule has 29 heavy (non-hydrogen) atoms. The van der Waals surface area contributed by atoms with E-state index in [1.54, 1.807) is 13.0 Å². The zero-order valence-corrected chi connectivity index (χ0v) is 14.8. The van der Waals surface area contributed by atoms with Gasteiger partial charge in [0.15, 0.2) is 11.5 Å². The summed E-state index contributed by atoms with van der Waals surface area (Å²) >= 11 is 0. The molecule has 148 valence electrons. The zero-order valence-electron chi connectivity index (χ0n) is 14.8. The summed E-state index contributed by atoms with van der Waals surface area (Å²) in [5, 5.41) is 2.31. The minimum absolute atomic E-state index is 0.0614. The molecule has 2 aromatic carbocycles. The lowest BCUT2D eigenvalue weighted by Gasteiger charge is -2.09. The van der Waals surface area contributed by atoms with E-state index in [1.807, 2.05) is 0 Å². The summed E-state index contributed by atoms with van der Waals surface area (Å²) in [4.78, 5) is 16.2. The van der Waals surface area contributed by atoms with E-state index in [4.69, 9.17) is 0 Å². The molecule has 0 radical (unpaired) electrons. The topological polar surface area (TPSA) is 60.5 Å². The Balaban J connectivity index is 1.57. The van der Waals surface area contributed by atoms with E-state index < -0.39 is 29.4 Å². The van der Waals surface area contributed by atoms with Gasteiger partial charge in [-0.05, 0) is 54.4 Å². The number of pyridine rings is 1. The van der Waals surface area contributed by atoms with Crippen LogP contribution in [0.4, 0.5) is 23.4 Å². The van der Waals surface area contributed by atoms with E-state index in [0.29, 0.717) is 16.7 Å². The number of carbonyl (C=O) groups is 1. The molecule has 1 amide bonds. The van der Waals surface area contributed by atoms with Crippen LogP contribution in [0.15, 0.2) is 48.7 Å². The molecule has 3 aromatic rings. The molecule has 1 aromatic heterocycles. The first-order chi connectivity index (χ1) is 13.7. The van der Waals surface area contributed by atoms with E-state index in [-0.39, 0.29) is 17.3 Å². The number of hydrogen-bond donors (Lipinski definition) is 1. The number of amides is 1. The van der Waals surface area contributed by atoms with Crippen LogP contribution in [0.2, 0.25) is 0 Å². The van der Waals surface area contributed by atoms with Crippen molar-refractivity contribution < 1.29 is 31.8 Å². The number of ether oxygens (including phenoxy) is 2. The molecule has 9 heteroatoms. The molecule has 4 rings (SSSR count). The van der Waals surface area contributed by atoms with Crippen LogP contribution in [0.1, 0.15) is 15.9 Å². The first kappa shape index (κ1) is 18.7. The highest BCUT2D eigenvalue weighted by Crippen LogP contribution is 2.44. The highest BCUT2D eigenvalue weighted by Gasteiger charge is 2.43. The summed E-state index contributed by atoms with van der Waals surface area (Å²) in [6.45, 7) is 1.70. The molecular weight excluding hydrogens is 392 g/mol. The summed E-state index contributed by atoms with van der Waals surface area (Å²) in [6.07, 6.45) is -2.34. The molecular formula is C20H12F4N2O3. The molecule has 0 saturated carbocycles. The van der Waals surface area contributed by atoms with Crippen LogP contribution in [-0.2, 0) is 0 Å². The maximum absolute atomic E-state index is 13.7. The lowest BCUT2D eigenvalue weighted by Crippen LogP contribution is -2.25. The van der Waals surface area contributed by atoms with Gasteiger partial charge in [0.25, 0.3) is 5.91 Å². The average Bonchev–Trinajstić information content (AvgIpc) is 2.94. The number of halogens is 4. The number of carbonyl (C=O) groups excluding carboxylic acids is 1. The molecule has 1 aliphatic heterocycles. The van der Waals surface area contributed by atoms with Gasteiger partial charge < -0.3 is 14.8 Å². The lowest BCUT2D eigenvalue weighted by molar-refractivity contribution is -0.286. The van der Waals surface area contributed by atoms with E-state index in [2.05, 4.69) is 19.8 Å². The third kappa shape index (κ3) is 3.58. The smallest absolute Gasteiger partial charge is 0.395 e. The zero-order chi connectivity index (χ0) is 20.8. The highest BCUT2D eigenvalue weighted by molar-refractivity contribution is 6.04. The van der Waals surface area contributed by atoms with Crippen molar-refractivity contribution in [2.45, 2.75) is 13.2 Å². The van der Waals surface area contributed by atoms with Crippen LogP contribution >= 0.6 is 0 Å². The molecule has 0 atom stereocenters. The van der Waals surface area contributed by atoms with Crippen molar-refractivity contribution in [3.63, 3.8) is 0 Å². The van der Waals surface area contributed by atoms with Gasteiger partial charge in [-0.2, -0.15) is 0 Å². The van der Waals surface area contributed by atoms with Gasteiger partial charge in [-0.25, -0.2) is 13.8 Å². The Morgan fingerprint density at radius 3 is 2.31 bits per heavy atom. The van der Waals surface area contributed by atoms with Crippen molar-refractivity contribution in [2.24, 2.45) is 0 Å². The molecule has 0 saturated heterocycles. The minimum Gasteiger partial charge on any atom is -0.395 e. The number of hydrogen-bond acceptors (Lipinski definition) is 4. The fourth-order valence-corrected chi connectivity index (χ4v) is 2.93. The maximum atomic E-state index is 13.7.